The molecule has 0 bridgehead atoms. The normalized spacial score (nSPS) is 40.1. The Morgan fingerprint density at radius 2 is 1.65 bits per heavy atom. The standard InChI is InChI=1S/C16H28O/c1-11-7-8-12-13(9-11)15(4,5)16(6,17)10-14(12,2)3/h11,17H,7-10H2,1-6H3. The first-order valence-corrected chi connectivity index (χ1v) is 7.03. The molecule has 2 unspecified atom stereocenters. The van der Waals surface area contributed by atoms with E-state index in [9.17, 15) is 5.11 Å². The van der Waals surface area contributed by atoms with E-state index in [1.807, 2.05) is 6.92 Å². The van der Waals surface area contributed by atoms with Gasteiger partial charge in [0.15, 0.2) is 0 Å². The largest absolute Gasteiger partial charge is 0.389 e. The fraction of sp³-hybridized carbons (Fsp3) is 0.875. The van der Waals surface area contributed by atoms with E-state index in [0.29, 0.717) is 0 Å². The third-order valence-electron chi connectivity index (χ3n) is 5.51. The van der Waals surface area contributed by atoms with Crippen molar-refractivity contribution in [1.29, 1.82) is 0 Å². The zero-order chi connectivity index (χ0) is 13.1. The van der Waals surface area contributed by atoms with E-state index in [-0.39, 0.29) is 10.8 Å². The lowest BCUT2D eigenvalue weighted by Crippen LogP contribution is -2.52. The van der Waals surface area contributed by atoms with Crippen molar-refractivity contribution < 1.29 is 5.11 Å². The summed E-state index contributed by atoms with van der Waals surface area (Å²) in [6.07, 6.45) is 4.63. The first-order chi connectivity index (χ1) is 7.58. The van der Waals surface area contributed by atoms with E-state index < -0.39 is 5.60 Å². The predicted molar refractivity (Wildman–Crippen MR) is 72.8 cm³/mol. The molecule has 0 aromatic carbocycles. The average molecular weight is 236 g/mol. The Morgan fingerprint density at radius 1 is 1.06 bits per heavy atom. The summed E-state index contributed by atoms with van der Waals surface area (Å²) in [6.45, 7) is 13.4. The van der Waals surface area contributed by atoms with Gasteiger partial charge in [-0.25, -0.2) is 0 Å². The lowest BCUT2D eigenvalue weighted by Gasteiger charge is -2.55. The minimum Gasteiger partial charge on any atom is -0.389 e. The highest BCUT2D eigenvalue weighted by Crippen LogP contribution is 2.58. The average Bonchev–Trinajstić information content (AvgIpc) is 2.13. The fourth-order valence-electron chi connectivity index (χ4n) is 4.01. The molecule has 0 aromatic heterocycles. The van der Waals surface area contributed by atoms with E-state index in [4.69, 9.17) is 0 Å². The quantitative estimate of drug-likeness (QED) is 0.621. The fourth-order valence-corrected chi connectivity index (χ4v) is 4.01. The molecule has 1 heteroatoms. The van der Waals surface area contributed by atoms with Crippen LogP contribution in [0.1, 0.15) is 67.2 Å². The van der Waals surface area contributed by atoms with Gasteiger partial charge in [-0.05, 0) is 43.9 Å². The number of hydrogen-bond acceptors (Lipinski definition) is 1. The molecule has 2 aliphatic rings. The van der Waals surface area contributed by atoms with Crippen LogP contribution >= 0.6 is 0 Å². The molecular weight excluding hydrogens is 208 g/mol. The molecule has 17 heavy (non-hydrogen) atoms. The minimum absolute atomic E-state index is 0.0630. The van der Waals surface area contributed by atoms with Gasteiger partial charge in [0, 0.05) is 5.41 Å². The van der Waals surface area contributed by atoms with Crippen molar-refractivity contribution in [3.05, 3.63) is 11.1 Å². The maximum absolute atomic E-state index is 10.8. The van der Waals surface area contributed by atoms with E-state index in [2.05, 4.69) is 34.6 Å². The van der Waals surface area contributed by atoms with Crippen LogP contribution in [0.2, 0.25) is 0 Å². The summed E-state index contributed by atoms with van der Waals surface area (Å²) >= 11 is 0. The lowest BCUT2D eigenvalue weighted by atomic mass is 9.52. The number of allylic oxidation sites excluding steroid dienone is 1. The highest BCUT2D eigenvalue weighted by molar-refractivity contribution is 5.35. The summed E-state index contributed by atoms with van der Waals surface area (Å²) in [4.78, 5) is 0. The maximum Gasteiger partial charge on any atom is 0.0715 e. The molecule has 0 amide bonds. The Balaban J connectivity index is 2.55. The minimum atomic E-state index is -0.577. The topological polar surface area (TPSA) is 20.2 Å². The van der Waals surface area contributed by atoms with Gasteiger partial charge >= 0.3 is 0 Å². The Labute approximate surface area is 106 Å². The van der Waals surface area contributed by atoms with Crippen LogP contribution < -0.4 is 0 Å². The van der Waals surface area contributed by atoms with Crippen LogP contribution in [-0.4, -0.2) is 10.7 Å². The zero-order valence-corrected chi connectivity index (χ0v) is 12.4. The SMILES string of the molecule is CC1CCC2=C(C1)C(C)(C)C(C)(O)CC2(C)C. The molecule has 2 rings (SSSR count). The Morgan fingerprint density at radius 3 is 2.24 bits per heavy atom. The molecule has 0 aliphatic heterocycles. The number of hydrogen-bond donors (Lipinski definition) is 1. The van der Waals surface area contributed by atoms with E-state index in [1.165, 1.54) is 19.3 Å². The summed E-state index contributed by atoms with van der Waals surface area (Å²) in [7, 11) is 0. The summed E-state index contributed by atoms with van der Waals surface area (Å²) < 4.78 is 0. The third kappa shape index (κ3) is 1.87. The van der Waals surface area contributed by atoms with Gasteiger partial charge in [0.2, 0.25) is 0 Å². The maximum atomic E-state index is 10.8. The van der Waals surface area contributed by atoms with Crippen LogP contribution in [0.4, 0.5) is 0 Å². The van der Waals surface area contributed by atoms with Gasteiger partial charge in [0.05, 0.1) is 5.60 Å². The van der Waals surface area contributed by atoms with Crippen LogP contribution in [0.5, 0.6) is 0 Å². The number of rotatable bonds is 0. The molecule has 1 N–H and O–H groups in total. The summed E-state index contributed by atoms with van der Waals surface area (Å²) in [5, 5.41) is 10.8. The lowest BCUT2D eigenvalue weighted by molar-refractivity contribution is -0.0750. The monoisotopic (exact) mass is 236 g/mol. The van der Waals surface area contributed by atoms with Gasteiger partial charge in [0.25, 0.3) is 0 Å². The molecule has 98 valence electrons. The second-order valence-corrected chi connectivity index (χ2v) is 7.76. The van der Waals surface area contributed by atoms with Gasteiger partial charge in [-0.1, -0.05) is 45.8 Å². The Kier molecular flexibility index (Phi) is 2.78. The summed E-state index contributed by atoms with van der Waals surface area (Å²) in [5.41, 5.74) is 2.73. The molecule has 0 aromatic rings. The molecule has 0 heterocycles. The molecule has 0 saturated heterocycles. The van der Waals surface area contributed by atoms with Crippen molar-refractivity contribution in [2.24, 2.45) is 16.7 Å². The molecule has 0 fully saturated rings. The molecular formula is C16H28O. The van der Waals surface area contributed by atoms with Crippen molar-refractivity contribution in [3.8, 4) is 0 Å². The van der Waals surface area contributed by atoms with Crippen LogP contribution in [0, 0.1) is 16.7 Å². The van der Waals surface area contributed by atoms with Gasteiger partial charge in [0.1, 0.15) is 0 Å². The van der Waals surface area contributed by atoms with Crippen molar-refractivity contribution in [3.63, 3.8) is 0 Å². The Bertz CT molecular complexity index is 358. The highest BCUT2D eigenvalue weighted by Gasteiger charge is 2.52. The second kappa shape index (κ2) is 3.60. The molecule has 0 spiro atoms. The predicted octanol–water partition coefficient (Wildman–Crippen LogP) is 4.31. The van der Waals surface area contributed by atoms with Crippen molar-refractivity contribution in [2.75, 3.05) is 0 Å². The molecule has 1 nitrogen and oxygen atoms in total. The smallest absolute Gasteiger partial charge is 0.0715 e. The van der Waals surface area contributed by atoms with Gasteiger partial charge in [-0.15, -0.1) is 0 Å². The first-order valence-electron chi connectivity index (χ1n) is 7.03. The molecule has 2 aliphatic carbocycles. The van der Waals surface area contributed by atoms with Crippen LogP contribution in [0.3, 0.4) is 0 Å². The van der Waals surface area contributed by atoms with Crippen molar-refractivity contribution in [2.45, 2.75) is 72.8 Å². The third-order valence-corrected chi connectivity index (χ3v) is 5.51. The van der Waals surface area contributed by atoms with E-state index in [1.54, 1.807) is 11.1 Å². The summed E-state index contributed by atoms with van der Waals surface area (Å²) in [5.74, 6) is 0.776. The van der Waals surface area contributed by atoms with Gasteiger partial charge in [-0.3, -0.25) is 0 Å². The van der Waals surface area contributed by atoms with Crippen LogP contribution in [0.15, 0.2) is 11.1 Å². The van der Waals surface area contributed by atoms with Crippen molar-refractivity contribution >= 4 is 0 Å². The van der Waals surface area contributed by atoms with E-state index >= 15 is 0 Å². The zero-order valence-electron chi connectivity index (χ0n) is 12.4. The van der Waals surface area contributed by atoms with Crippen molar-refractivity contribution in [1.82, 2.24) is 0 Å². The van der Waals surface area contributed by atoms with Crippen LogP contribution in [0.25, 0.3) is 0 Å². The van der Waals surface area contributed by atoms with Gasteiger partial charge in [-0.2, -0.15) is 0 Å². The molecule has 0 saturated carbocycles. The van der Waals surface area contributed by atoms with E-state index in [0.717, 1.165) is 12.3 Å². The first kappa shape index (κ1) is 13.1. The highest BCUT2D eigenvalue weighted by atomic mass is 16.3. The van der Waals surface area contributed by atoms with Crippen LogP contribution in [-0.2, 0) is 0 Å². The Hall–Kier alpha value is -0.300. The summed E-state index contributed by atoms with van der Waals surface area (Å²) in [6, 6.07) is 0. The van der Waals surface area contributed by atoms with Gasteiger partial charge < -0.3 is 5.11 Å². The molecule has 2 atom stereocenters. The number of aliphatic hydroxyl groups is 1. The second-order valence-electron chi connectivity index (χ2n) is 7.76. The molecule has 0 radical (unpaired) electrons.